The van der Waals surface area contributed by atoms with E-state index in [4.69, 9.17) is 14.3 Å². The predicted octanol–water partition coefficient (Wildman–Crippen LogP) is 3.52. The van der Waals surface area contributed by atoms with E-state index in [1.807, 2.05) is 12.1 Å². The van der Waals surface area contributed by atoms with Crippen molar-refractivity contribution in [3.05, 3.63) is 29.3 Å². The molecule has 1 aromatic rings. The Morgan fingerprint density at radius 2 is 1.69 bits per heavy atom. The molecule has 4 heteroatoms. The van der Waals surface area contributed by atoms with Gasteiger partial charge >= 0.3 is 8.60 Å². The van der Waals surface area contributed by atoms with Crippen LogP contribution in [-0.2, 0) is 0 Å². The van der Waals surface area contributed by atoms with Gasteiger partial charge in [-0.25, -0.2) is 0 Å². The molecule has 0 saturated carbocycles. The second-order valence-corrected chi connectivity index (χ2v) is 5.14. The Morgan fingerprint density at radius 3 is 2.12 bits per heavy atom. The summed E-state index contributed by atoms with van der Waals surface area (Å²) >= 11 is 0. The first kappa shape index (κ1) is 13.4. The van der Waals surface area contributed by atoms with Gasteiger partial charge in [0.05, 0.1) is 0 Å². The number of rotatable bonds is 4. The molecular weight excluding hydrogens is 223 g/mol. The molecule has 0 aliphatic carbocycles. The van der Waals surface area contributed by atoms with Gasteiger partial charge in [-0.1, -0.05) is 39.8 Å². The summed E-state index contributed by atoms with van der Waals surface area (Å²) in [5.41, 5.74) is 2.25. The molecule has 0 radical (unpaired) electrons. The monoisotopic (exact) mass is 242 g/mol. The zero-order valence-corrected chi connectivity index (χ0v) is 11.0. The summed E-state index contributed by atoms with van der Waals surface area (Å²) in [7, 11) is -2.34. The first-order valence-corrected chi connectivity index (χ1v) is 6.58. The third-order valence-electron chi connectivity index (χ3n) is 2.50. The molecule has 90 valence electrons. The maximum atomic E-state index is 8.89. The Labute approximate surface area is 98.1 Å². The average Bonchev–Trinajstić information content (AvgIpc) is 2.16. The minimum absolute atomic E-state index is 0.295. The Balaban J connectivity index is 3.09. The van der Waals surface area contributed by atoms with Crippen LogP contribution in [-0.4, -0.2) is 9.79 Å². The third kappa shape index (κ3) is 3.44. The third-order valence-corrected chi connectivity index (χ3v) is 2.86. The summed E-state index contributed by atoms with van der Waals surface area (Å²) in [6.45, 7) is 8.38. The molecule has 0 aromatic heterocycles. The van der Waals surface area contributed by atoms with E-state index in [2.05, 4.69) is 33.8 Å². The fourth-order valence-electron chi connectivity index (χ4n) is 1.55. The van der Waals surface area contributed by atoms with Crippen molar-refractivity contribution in [3.8, 4) is 5.75 Å². The van der Waals surface area contributed by atoms with Gasteiger partial charge < -0.3 is 14.3 Å². The standard InChI is InChI=1S/C12H19O3P/c1-8(2)10-5-6-12(15-16(13)14)11(7-10)9(3)4/h5-9,13-14H,1-4H3. The van der Waals surface area contributed by atoms with Crippen LogP contribution in [0.25, 0.3) is 0 Å². The zero-order valence-electron chi connectivity index (χ0n) is 10.1. The van der Waals surface area contributed by atoms with Crippen LogP contribution >= 0.6 is 8.60 Å². The van der Waals surface area contributed by atoms with Crippen molar-refractivity contribution >= 4 is 8.60 Å². The molecule has 1 aromatic carbocycles. The summed E-state index contributed by atoms with van der Waals surface area (Å²) in [6, 6.07) is 5.85. The van der Waals surface area contributed by atoms with Crippen LogP contribution in [0.15, 0.2) is 18.2 Å². The highest BCUT2D eigenvalue weighted by atomic mass is 31.2. The Hall–Kier alpha value is -0.630. The van der Waals surface area contributed by atoms with Gasteiger partial charge in [0.2, 0.25) is 0 Å². The van der Waals surface area contributed by atoms with Crippen molar-refractivity contribution in [3.63, 3.8) is 0 Å². The first-order valence-electron chi connectivity index (χ1n) is 5.41. The Morgan fingerprint density at radius 1 is 1.06 bits per heavy atom. The highest BCUT2D eigenvalue weighted by molar-refractivity contribution is 7.39. The van der Waals surface area contributed by atoms with Crippen LogP contribution in [0.4, 0.5) is 0 Å². The van der Waals surface area contributed by atoms with Crippen molar-refractivity contribution in [1.29, 1.82) is 0 Å². The maximum absolute atomic E-state index is 8.89. The lowest BCUT2D eigenvalue weighted by Crippen LogP contribution is -1.97. The summed E-state index contributed by atoms with van der Waals surface area (Å²) < 4.78 is 5.02. The van der Waals surface area contributed by atoms with Gasteiger partial charge in [0.25, 0.3) is 0 Å². The van der Waals surface area contributed by atoms with Gasteiger partial charge in [-0.3, -0.25) is 0 Å². The van der Waals surface area contributed by atoms with Gasteiger partial charge in [0, 0.05) is 0 Å². The molecule has 0 aliphatic heterocycles. The van der Waals surface area contributed by atoms with E-state index in [1.165, 1.54) is 5.56 Å². The van der Waals surface area contributed by atoms with Crippen LogP contribution < -0.4 is 4.52 Å². The molecule has 16 heavy (non-hydrogen) atoms. The van der Waals surface area contributed by atoms with Gasteiger partial charge in [-0.2, -0.15) is 0 Å². The molecule has 0 atom stereocenters. The molecule has 0 amide bonds. The van der Waals surface area contributed by atoms with E-state index < -0.39 is 8.60 Å². The summed E-state index contributed by atoms with van der Waals surface area (Å²) in [6.07, 6.45) is 0. The lowest BCUT2D eigenvalue weighted by molar-refractivity contribution is 0.372. The summed E-state index contributed by atoms with van der Waals surface area (Å²) in [5, 5.41) is 0. The second-order valence-electron chi connectivity index (χ2n) is 4.45. The van der Waals surface area contributed by atoms with Crippen LogP contribution in [0.5, 0.6) is 5.75 Å². The average molecular weight is 242 g/mol. The highest BCUT2D eigenvalue weighted by Crippen LogP contribution is 2.36. The van der Waals surface area contributed by atoms with E-state index >= 15 is 0 Å². The number of hydrogen-bond acceptors (Lipinski definition) is 3. The quantitative estimate of drug-likeness (QED) is 0.794. The molecule has 0 fully saturated rings. The highest BCUT2D eigenvalue weighted by Gasteiger charge is 2.13. The predicted molar refractivity (Wildman–Crippen MR) is 66.6 cm³/mol. The minimum atomic E-state index is -2.34. The topological polar surface area (TPSA) is 49.7 Å². The molecular formula is C12H19O3P. The maximum Gasteiger partial charge on any atom is 0.391 e. The Kier molecular flexibility index (Phi) is 4.72. The number of hydrogen-bond donors (Lipinski definition) is 2. The fourth-order valence-corrected chi connectivity index (χ4v) is 1.89. The van der Waals surface area contributed by atoms with E-state index in [0.717, 1.165) is 5.56 Å². The molecule has 0 saturated heterocycles. The molecule has 0 unspecified atom stereocenters. The SMILES string of the molecule is CC(C)c1ccc(OP(O)O)c(C(C)C)c1. The van der Waals surface area contributed by atoms with Crippen LogP contribution in [0.1, 0.15) is 50.7 Å². The van der Waals surface area contributed by atoms with E-state index in [9.17, 15) is 0 Å². The second kappa shape index (κ2) is 5.62. The number of benzene rings is 1. The van der Waals surface area contributed by atoms with Crippen molar-refractivity contribution in [2.45, 2.75) is 39.5 Å². The van der Waals surface area contributed by atoms with Gasteiger partial charge in [-0.15, -0.1) is 0 Å². The molecule has 0 bridgehead atoms. The van der Waals surface area contributed by atoms with Crippen LogP contribution in [0.2, 0.25) is 0 Å². The van der Waals surface area contributed by atoms with E-state index in [0.29, 0.717) is 17.6 Å². The summed E-state index contributed by atoms with van der Waals surface area (Å²) in [5.74, 6) is 1.32. The van der Waals surface area contributed by atoms with Crippen molar-refractivity contribution in [2.75, 3.05) is 0 Å². The van der Waals surface area contributed by atoms with Gasteiger partial charge in [0.1, 0.15) is 5.75 Å². The van der Waals surface area contributed by atoms with Crippen LogP contribution in [0.3, 0.4) is 0 Å². The summed E-state index contributed by atoms with van der Waals surface area (Å²) in [4.78, 5) is 17.8. The zero-order chi connectivity index (χ0) is 12.3. The van der Waals surface area contributed by atoms with Gasteiger partial charge in [0.15, 0.2) is 0 Å². The molecule has 1 rings (SSSR count). The smallest absolute Gasteiger partial charge is 0.391 e. The molecule has 2 N–H and O–H groups in total. The van der Waals surface area contributed by atoms with Gasteiger partial charge in [-0.05, 0) is 29.0 Å². The van der Waals surface area contributed by atoms with E-state index in [1.54, 1.807) is 0 Å². The lowest BCUT2D eigenvalue weighted by Gasteiger charge is -2.16. The van der Waals surface area contributed by atoms with Crippen molar-refractivity contribution in [1.82, 2.24) is 0 Å². The van der Waals surface area contributed by atoms with Crippen molar-refractivity contribution < 1.29 is 14.3 Å². The van der Waals surface area contributed by atoms with E-state index in [-0.39, 0.29) is 0 Å². The lowest BCUT2D eigenvalue weighted by atomic mass is 9.95. The first-order chi connectivity index (χ1) is 7.41. The molecule has 3 nitrogen and oxygen atoms in total. The van der Waals surface area contributed by atoms with Crippen LogP contribution in [0, 0.1) is 0 Å². The minimum Gasteiger partial charge on any atom is -0.427 e. The Bertz CT molecular complexity index is 348. The normalized spacial score (nSPS) is 11.6. The van der Waals surface area contributed by atoms with Crippen molar-refractivity contribution in [2.24, 2.45) is 0 Å². The largest absolute Gasteiger partial charge is 0.427 e. The molecule has 0 aliphatic rings. The molecule has 0 heterocycles. The molecule has 0 spiro atoms. The fraction of sp³-hybridized carbons (Fsp3) is 0.500.